The number of amides is 2. The van der Waals surface area contributed by atoms with Crippen LogP contribution in [0.25, 0.3) is 6.08 Å². The molecule has 3 aromatic carbocycles. The van der Waals surface area contributed by atoms with E-state index in [-0.39, 0.29) is 92.3 Å². The van der Waals surface area contributed by atoms with Crippen LogP contribution in [-0.4, -0.2) is 178 Å². The van der Waals surface area contributed by atoms with Gasteiger partial charge in [0.1, 0.15) is 24.4 Å². The molecular weight excluding hydrogens is 1350 g/mol. The number of carbonyl (C=O) groups is 6. The molecule has 0 bridgehead atoms. The second-order valence-electron chi connectivity index (χ2n) is 24.8. The fourth-order valence-electron chi connectivity index (χ4n) is 12.3. The molecule has 5 aliphatic heterocycles. The maximum Gasteiger partial charge on any atom is 0.316 e. The van der Waals surface area contributed by atoms with E-state index in [1.165, 1.54) is 25.9 Å². The Morgan fingerprint density at radius 1 is 0.812 bits per heavy atom. The van der Waals surface area contributed by atoms with E-state index in [1.807, 2.05) is 79.0 Å². The van der Waals surface area contributed by atoms with Crippen molar-refractivity contribution in [2.45, 2.75) is 142 Å². The van der Waals surface area contributed by atoms with Crippen LogP contribution in [0, 0.1) is 23.2 Å². The zero-order chi connectivity index (χ0) is 68.7. The van der Waals surface area contributed by atoms with Crippen molar-refractivity contribution in [1.82, 2.24) is 15.1 Å². The standard InChI is InChI=1S/C73H94IN5O17/c1-8-12-50-35-52-42-77-59-40-65(63(88-7)39-57(59)71(85)78(52)43-50)94-25-11-24-93-64-37-55-56(38-62(64)87-6)70-72(96-70)79-44-51(13-9-2)36-60(79)69(84)67(55)73(86)95-45-49-18-16-48(17-19-49)20-21-61(81)47(5)34-58(75)68(83)54(46(3)4)15-10-14-53(80)22-26-89-28-30-91-32-33-92-31-29-90-27-23-76-66(82)41-74/h9,13,16-21,37-40,42-44,46-47,52,54,60,67,69-70,72,75,84H,8,10-12,14-15,22-36,41,45H2,1-7H3,(H,76,82)/b13-9+,21-20+,75-58?/t47-,52+,54+,60?,67?,69+,70?,72?/m1/s1. The number of nitrogens with zero attached hydrogens (tertiary/aromatic N) is 3. The van der Waals surface area contributed by atoms with Gasteiger partial charge in [-0.3, -0.25) is 33.8 Å². The molecule has 0 aliphatic carbocycles. The van der Waals surface area contributed by atoms with Gasteiger partial charge in [0.05, 0.1) is 120 Å². The van der Waals surface area contributed by atoms with Crippen LogP contribution < -0.4 is 24.3 Å². The first-order chi connectivity index (χ1) is 46.5. The van der Waals surface area contributed by atoms with Crippen LogP contribution in [0.5, 0.6) is 23.0 Å². The number of esters is 1. The molecule has 96 heavy (non-hydrogen) atoms. The SMILES string of the molecule is C/C=C/C1=CN2C3OC3c3cc(OC)c(OCCCOc4cc5c(cc4OC)C(=O)N4C=C(CCC)C[C@H]4C=N5)cc3C(C(=O)OCc3ccc(/C=C/C(=O)[C@H](C)CC(=N)C(=O)[C@@H](CCCC(=O)CCOCCOCCOCCOCCNC(=O)CI)C(C)C)cc3)[C@@H](O)C2C1. The van der Waals surface area contributed by atoms with E-state index in [2.05, 4.69) is 12.2 Å². The molecule has 8 atom stereocenters. The smallest absolute Gasteiger partial charge is 0.316 e. The normalized spacial score (nSPS) is 19.8. The lowest BCUT2D eigenvalue weighted by Crippen LogP contribution is -2.46. The van der Waals surface area contributed by atoms with Gasteiger partial charge in [0.25, 0.3) is 5.91 Å². The summed E-state index contributed by atoms with van der Waals surface area (Å²) in [7, 11) is 3.07. The van der Waals surface area contributed by atoms with Gasteiger partial charge in [-0.1, -0.05) is 105 Å². The Bertz CT molecular complexity index is 3350. The predicted octanol–water partition coefficient (Wildman–Crippen LogP) is 10.5. The van der Waals surface area contributed by atoms with Gasteiger partial charge in [-0.2, -0.15) is 0 Å². The molecule has 23 heteroatoms. The number of ether oxygens (including phenoxy) is 10. The summed E-state index contributed by atoms with van der Waals surface area (Å²) in [5.74, 6) is -2.03. The first-order valence-electron chi connectivity index (χ1n) is 33.4. The van der Waals surface area contributed by atoms with Crippen LogP contribution in [0.1, 0.15) is 143 Å². The molecule has 5 aliphatic rings. The summed E-state index contributed by atoms with van der Waals surface area (Å²) in [6.45, 7) is 13.4. The zero-order valence-electron chi connectivity index (χ0n) is 56.3. The van der Waals surface area contributed by atoms with Crippen molar-refractivity contribution in [1.29, 1.82) is 5.41 Å². The van der Waals surface area contributed by atoms with Crippen LogP contribution in [0.2, 0.25) is 0 Å². The number of allylic oxidation sites excluding steroid dienone is 3. The minimum Gasteiger partial charge on any atom is -0.493 e. The Kier molecular flexibility index (Phi) is 29.2. The topological polar surface area (TPSA) is 273 Å². The number of alkyl halides is 1. The van der Waals surface area contributed by atoms with Crippen molar-refractivity contribution in [3.05, 3.63) is 118 Å². The van der Waals surface area contributed by atoms with Crippen molar-refractivity contribution < 1.29 is 81.2 Å². The van der Waals surface area contributed by atoms with Crippen LogP contribution in [-0.2, 0) is 59.0 Å². The highest BCUT2D eigenvalue weighted by Crippen LogP contribution is 2.53. The summed E-state index contributed by atoms with van der Waals surface area (Å²) in [5, 5.41) is 23.9. The molecule has 0 saturated carbocycles. The predicted molar refractivity (Wildman–Crippen MR) is 371 cm³/mol. The summed E-state index contributed by atoms with van der Waals surface area (Å²) >= 11 is 2.00. The van der Waals surface area contributed by atoms with Crippen molar-refractivity contribution in [3.63, 3.8) is 0 Å². The van der Waals surface area contributed by atoms with Crippen LogP contribution in [0.4, 0.5) is 5.69 Å². The molecule has 0 spiro atoms. The molecule has 0 aromatic heterocycles. The Morgan fingerprint density at radius 2 is 1.48 bits per heavy atom. The minimum absolute atomic E-state index is 0.0225. The molecule has 1 fully saturated rings. The molecule has 8 rings (SSSR count). The van der Waals surface area contributed by atoms with Gasteiger partial charge < -0.3 is 73.0 Å². The fraction of sp³-hybridized carbons (Fsp3) is 0.534. The van der Waals surface area contributed by atoms with Crippen LogP contribution >= 0.6 is 22.6 Å². The second kappa shape index (κ2) is 37.6. The number of aliphatic imine (C=N–C) groups is 1. The summed E-state index contributed by atoms with van der Waals surface area (Å²) < 4.78 is 58.9. The van der Waals surface area contributed by atoms with E-state index in [9.17, 15) is 33.9 Å². The highest BCUT2D eigenvalue weighted by Gasteiger charge is 2.55. The maximum atomic E-state index is 14.7. The number of nitrogens with one attached hydrogen (secondary N) is 2. The van der Waals surface area contributed by atoms with Gasteiger partial charge >= 0.3 is 5.97 Å². The van der Waals surface area contributed by atoms with Gasteiger partial charge in [-0.05, 0) is 97.0 Å². The number of rotatable bonds is 42. The lowest BCUT2D eigenvalue weighted by atomic mass is 9.82. The number of halogens is 1. The van der Waals surface area contributed by atoms with Crippen LogP contribution in [0.3, 0.4) is 0 Å². The summed E-state index contributed by atoms with van der Waals surface area (Å²) in [5.41, 5.74) is 5.57. The monoisotopic (exact) mass is 1440 g/mol. The Hall–Kier alpha value is -7.13. The number of aliphatic hydroxyl groups is 1. The number of hydrogen-bond acceptors (Lipinski definition) is 20. The third-order valence-corrected chi connectivity index (χ3v) is 18.2. The van der Waals surface area contributed by atoms with E-state index in [1.54, 1.807) is 66.4 Å². The van der Waals surface area contributed by atoms with Gasteiger partial charge in [0.2, 0.25) is 5.91 Å². The molecule has 4 unspecified atom stereocenters. The van der Waals surface area contributed by atoms with Crippen molar-refractivity contribution >= 4 is 81.4 Å². The molecule has 22 nitrogen and oxygen atoms in total. The summed E-state index contributed by atoms with van der Waals surface area (Å²) in [4.78, 5) is 87.7. The number of aliphatic hydroxyl groups excluding tert-OH is 1. The second-order valence-corrected chi connectivity index (χ2v) is 25.6. The highest BCUT2D eigenvalue weighted by atomic mass is 127. The van der Waals surface area contributed by atoms with Gasteiger partial charge in [-0.15, -0.1) is 0 Å². The molecule has 1 saturated heterocycles. The van der Waals surface area contributed by atoms with E-state index in [4.69, 9.17) is 57.8 Å². The van der Waals surface area contributed by atoms with Gasteiger partial charge in [-0.25, -0.2) is 0 Å². The lowest BCUT2D eigenvalue weighted by Gasteiger charge is -2.35. The number of benzene rings is 3. The maximum absolute atomic E-state index is 14.7. The van der Waals surface area contributed by atoms with Crippen molar-refractivity contribution in [3.8, 4) is 23.0 Å². The van der Waals surface area contributed by atoms with Crippen LogP contribution in [0.15, 0.2) is 95.3 Å². The van der Waals surface area contributed by atoms with E-state index in [0.717, 1.165) is 24.8 Å². The Morgan fingerprint density at radius 3 is 2.15 bits per heavy atom. The summed E-state index contributed by atoms with van der Waals surface area (Å²) in [6.07, 6.45) is 15.8. The number of fused-ring (bicyclic) bond motifs is 7. The molecule has 3 aromatic rings. The average molecular weight is 1440 g/mol. The number of Topliss-reactive ketones (excluding diaryl/α,β-unsaturated/α-hetero) is 2. The Labute approximate surface area is 577 Å². The molecular formula is C73H94IN5O17. The number of hydrogen-bond donors (Lipinski definition) is 3. The van der Waals surface area contributed by atoms with Crippen molar-refractivity contribution in [2.24, 2.45) is 22.7 Å². The lowest BCUT2D eigenvalue weighted by molar-refractivity contribution is -0.151. The Balaban J connectivity index is 0.793. The van der Waals surface area contributed by atoms with Gasteiger partial charge in [0, 0.05) is 68.7 Å². The number of epoxide rings is 1. The first kappa shape index (κ1) is 74.7. The molecule has 0 radical (unpaired) electrons. The van der Waals surface area contributed by atoms with Gasteiger partial charge in [0.15, 0.2) is 40.8 Å². The molecule has 5 heterocycles. The number of ketones is 3. The third-order valence-electron chi connectivity index (χ3n) is 17.5. The van der Waals surface area contributed by atoms with E-state index in [0.29, 0.717) is 146 Å². The zero-order valence-corrected chi connectivity index (χ0v) is 58.5. The minimum atomic E-state index is -1.23. The largest absolute Gasteiger partial charge is 0.493 e. The molecule has 3 N–H and O–H groups in total. The van der Waals surface area contributed by atoms with E-state index < -0.39 is 42.0 Å². The summed E-state index contributed by atoms with van der Waals surface area (Å²) in [6, 6.07) is 13.5. The average Bonchev–Trinajstić information content (AvgIpc) is 1.59. The first-order valence-corrected chi connectivity index (χ1v) is 34.9. The number of carbonyl (C=O) groups excluding carboxylic acids is 6. The third kappa shape index (κ3) is 20.7. The molecule has 520 valence electrons. The van der Waals surface area contributed by atoms with Crippen molar-refractivity contribution in [2.75, 3.05) is 91.3 Å². The molecule has 2 amide bonds. The number of methoxy groups -OCH3 is 2. The quantitative estimate of drug-likeness (QED) is 0.00904. The highest BCUT2D eigenvalue weighted by molar-refractivity contribution is 14.1. The van der Waals surface area contributed by atoms with E-state index >= 15 is 0 Å². The fourth-order valence-corrected chi connectivity index (χ4v) is 12.5.